The van der Waals surface area contributed by atoms with Crippen LogP contribution in [0.2, 0.25) is 0 Å². The summed E-state index contributed by atoms with van der Waals surface area (Å²) in [5.41, 5.74) is 0. The lowest BCUT2D eigenvalue weighted by molar-refractivity contribution is -0.134. The molecule has 8 heavy (non-hydrogen) atoms. The number of nitrogens with zero attached hydrogens (tertiary/aromatic N) is 1. The molecule has 0 radical (unpaired) electrons. The van der Waals surface area contributed by atoms with E-state index in [-0.39, 0.29) is 5.97 Å². The molecular weight excluding hydrogens is 106 g/mol. The van der Waals surface area contributed by atoms with Crippen LogP contribution in [0.15, 0.2) is 4.99 Å². The average Bonchev–Trinajstić information content (AvgIpc) is 1.68. The molecule has 0 aliphatic heterocycles. The van der Waals surface area contributed by atoms with E-state index in [9.17, 15) is 4.79 Å². The minimum Gasteiger partial charge on any atom is -0.462 e. The highest BCUT2D eigenvalue weighted by molar-refractivity contribution is 6.23. The van der Waals surface area contributed by atoms with E-state index in [2.05, 4.69) is 9.73 Å². The van der Waals surface area contributed by atoms with Crippen LogP contribution in [-0.2, 0) is 9.53 Å². The highest BCUT2D eigenvalue weighted by atomic mass is 16.5. The first-order valence-corrected chi connectivity index (χ1v) is 2.40. The van der Waals surface area contributed by atoms with Crippen molar-refractivity contribution in [1.82, 2.24) is 0 Å². The van der Waals surface area contributed by atoms with Crippen LogP contribution in [0, 0.1) is 0 Å². The van der Waals surface area contributed by atoms with Crippen LogP contribution in [0.4, 0.5) is 0 Å². The first kappa shape index (κ1) is 7.14. The van der Waals surface area contributed by atoms with Crippen LogP contribution in [0.3, 0.4) is 0 Å². The lowest BCUT2D eigenvalue weighted by Crippen LogP contribution is -2.03. The van der Waals surface area contributed by atoms with Crippen LogP contribution in [-0.4, -0.2) is 25.8 Å². The fourth-order valence-electron chi connectivity index (χ4n) is 0.285. The highest BCUT2D eigenvalue weighted by Gasteiger charge is 1.90. The predicted octanol–water partition coefficient (Wildman–Crippen LogP) is 0.250. The molecule has 0 heterocycles. The molecule has 0 saturated heterocycles. The van der Waals surface area contributed by atoms with Crippen LogP contribution < -0.4 is 0 Å². The van der Waals surface area contributed by atoms with E-state index in [0.717, 1.165) is 6.21 Å². The van der Waals surface area contributed by atoms with Crippen LogP contribution >= 0.6 is 0 Å². The second kappa shape index (κ2) is 4.30. The third kappa shape index (κ3) is 3.33. The van der Waals surface area contributed by atoms with Crippen molar-refractivity contribution in [3.63, 3.8) is 0 Å². The van der Waals surface area contributed by atoms with E-state index in [1.54, 1.807) is 6.92 Å². The fourth-order valence-corrected chi connectivity index (χ4v) is 0.285. The van der Waals surface area contributed by atoms with Gasteiger partial charge in [-0.3, -0.25) is 4.99 Å². The lowest BCUT2D eigenvalue weighted by Gasteiger charge is -1.91. The maximum atomic E-state index is 10.3. The van der Waals surface area contributed by atoms with Gasteiger partial charge < -0.3 is 4.74 Å². The molecule has 0 atom stereocenters. The summed E-state index contributed by atoms with van der Waals surface area (Å²) in [6, 6.07) is 0. The molecule has 0 rings (SSSR count). The minimum absolute atomic E-state index is 0.380. The average molecular weight is 115 g/mol. The Morgan fingerprint density at radius 1 is 1.88 bits per heavy atom. The van der Waals surface area contributed by atoms with Gasteiger partial charge in [-0.05, 0) is 6.92 Å². The molecule has 0 amide bonds. The van der Waals surface area contributed by atoms with Gasteiger partial charge in [-0.15, -0.1) is 0 Å². The number of aliphatic imine (C=N–C) groups is 1. The molecule has 0 aliphatic rings. The Morgan fingerprint density at radius 2 is 2.50 bits per heavy atom. The fraction of sp³-hybridized carbons (Fsp3) is 0.600. The summed E-state index contributed by atoms with van der Waals surface area (Å²) < 4.78 is 4.49. The quantitative estimate of drug-likeness (QED) is 0.382. The number of hydrogen-bond acceptors (Lipinski definition) is 3. The third-order valence-corrected chi connectivity index (χ3v) is 0.521. The third-order valence-electron chi connectivity index (χ3n) is 0.521. The summed E-state index contributed by atoms with van der Waals surface area (Å²) in [4.78, 5) is 13.7. The zero-order chi connectivity index (χ0) is 6.41. The van der Waals surface area contributed by atoms with Crippen molar-refractivity contribution in [2.24, 2.45) is 4.99 Å². The van der Waals surface area contributed by atoms with Crippen molar-refractivity contribution in [3.05, 3.63) is 0 Å². The predicted molar refractivity (Wildman–Crippen MR) is 31.0 cm³/mol. The first-order chi connectivity index (χ1) is 3.81. The maximum Gasteiger partial charge on any atom is 0.348 e. The van der Waals surface area contributed by atoms with E-state index in [1.165, 1.54) is 7.05 Å². The Bertz CT molecular complexity index is 98.6. The number of hydrogen-bond donors (Lipinski definition) is 0. The zero-order valence-electron chi connectivity index (χ0n) is 5.05. The molecule has 0 unspecified atom stereocenters. The molecule has 3 nitrogen and oxygen atoms in total. The lowest BCUT2D eigenvalue weighted by atomic mass is 10.7. The number of carbonyl (C=O) groups is 1. The molecular formula is C5H9NO2. The van der Waals surface area contributed by atoms with Gasteiger partial charge in [0.2, 0.25) is 0 Å². The molecule has 0 fully saturated rings. The number of rotatable bonds is 2. The summed E-state index contributed by atoms with van der Waals surface area (Å²) in [6.45, 7) is 2.16. The Morgan fingerprint density at radius 3 is 2.88 bits per heavy atom. The standard InChI is InChI=1S/C5H9NO2/c1-3-8-5(7)4-6-2/h4H,3H2,1-2H3/b6-4-. The van der Waals surface area contributed by atoms with Crippen molar-refractivity contribution in [1.29, 1.82) is 0 Å². The van der Waals surface area contributed by atoms with Crippen LogP contribution in [0.5, 0.6) is 0 Å². The molecule has 0 aromatic rings. The second-order valence-corrected chi connectivity index (χ2v) is 1.14. The van der Waals surface area contributed by atoms with Crippen LogP contribution in [0.25, 0.3) is 0 Å². The topological polar surface area (TPSA) is 38.7 Å². The SMILES string of the molecule is CCOC(=O)/C=N\C. The molecule has 0 saturated carbocycles. The summed E-state index contributed by atoms with van der Waals surface area (Å²) in [5.74, 6) is -0.380. The van der Waals surface area contributed by atoms with Gasteiger partial charge in [0.05, 0.1) is 6.61 Å². The monoisotopic (exact) mass is 115 g/mol. The maximum absolute atomic E-state index is 10.3. The summed E-state index contributed by atoms with van der Waals surface area (Å²) in [7, 11) is 1.52. The van der Waals surface area contributed by atoms with E-state index >= 15 is 0 Å². The van der Waals surface area contributed by atoms with Crippen molar-refractivity contribution in [3.8, 4) is 0 Å². The van der Waals surface area contributed by atoms with Gasteiger partial charge in [-0.25, -0.2) is 4.79 Å². The largest absolute Gasteiger partial charge is 0.462 e. The molecule has 0 aliphatic carbocycles. The first-order valence-electron chi connectivity index (χ1n) is 2.40. The molecule has 0 aromatic carbocycles. The Labute approximate surface area is 48.4 Å². The Kier molecular flexibility index (Phi) is 3.84. The van der Waals surface area contributed by atoms with Gasteiger partial charge in [-0.1, -0.05) is 0 Å². The zero-order valence-corrected chi connectivity index (χ0v) is 5.05. The van der Waals surface area contributed by atoms with Crippen molar-refractivity contribution in [2.45, 2.75) is 6.92 Å². The van der Waals surface area contributed by atoms with E-state index in [1.807, 2.05) is 0 Å². The van der Waals surface area contributed by atoms with Crippen LogP contribution in [0.1, 0.15) is 6.92 Å². The van der Waals surface area contributed by atoms with Gasteiger partial charge in [0.25, 0.3) is 0 Å². The van der Waals surface area contributed by atoms with Gasteiger partial charge >= 0.3 is 5.97 Å². The smallest absolute Gasteiger partial charge is 0.348 e. The van der Waals surface area contributed by atoms with E-state index in [0.29, 0.717) is 6.61 Å². The van der Waals surface area contributed by atoms with E-state index in [4.69, 9.17) is 0 Å². The molecule has 0 aromatic heterocycles. The molecule has 0 bridgehead atoms. The minimum atomic E-state index is -0.380. The summed E-state index contributed by atoms with van der Waals surface area (Å²) >= 11 is 0. The molecule has 46 valence electrons. The van der Waals surface area contributed by atoms with Crippen molar-refractivity contribution < 1.29 is 9.53 Å². The van der Waals surface area contributed by atoms with Gasteiger partial charge in [-0.2, -0.15) is 0 Å². The molecule has 0 spiro atoms. The number of carbonyl (C=O) groups excluding carboxylic acids is 1. The summed E-state index contributed by atoms with van der Waals surface area (Å²) in [5, 5.41) is 0. The number of esters is 1. The van der Waals surface area contributed by atoms with Crippen molar-refractivity contribution >= 4 is 12.2 Å². The van der Waals surface area contributed by atoms with Gasteiger partial charge in [0.15, 0.2) is 0 Å². The number of ether oxygens (including phenoxy) is 1. The normalized spacial score (nSPS) is 9.75. The summed E-state index contributed by atoms with van der Waals surface area (Å²) in [6.07, 6.45) is 1.14. The molecule has 0 N–H and O–H groups in total. The highest BCUT2D eigenvalue weighted by Crippen LogP contribution is 1.70. The Hall–Kier alpha value is -0.860. The van der Waals surface area contributed by atoms with E-state index < -0.39 is 0 Å². The van der Waals surface area contributed by atoms with Gasteiger partial charge in [0.1, 0.15) is 6.21 Å². The van der Waals surface area contributed by atoms with Crippen molar-refractivity contribution in [2.75, 3.05) is 13.7 Å². The molecule has 3 heteroatoms. The van der Waals surface area contributed by atoms with Gasteiger partial charge in [0, 0.05) is 7.05 Å². The Balaban J connectivity index is 3.33. The second-order valence-electron chi connectivity index (χ2n) is 1.14.